The molecule has 0 aliphatic heterocycles. The van der Waals surface area contributed by atoms with Crippen LogP contribution in [0.4, 0.5) is 0 Å². The zero-order valence-corrected chi connectivity index (χ0v) is 8.54. The van der Waals surface area contributed by atoms with E-state index in [4.69, 9.17) is 4.42 Å². The Morgan fingerprint density at radius 1 is 1.64 bits per heavy atom. The van der Waals surface area contributed by atoms with E-state index in [2.05, 4.69) is 10.6 Å². The first-order chi connectivity index (χ1) is 6.74. The molecule has 0 saturated carbocycles. The minimum atomic E-state index is 0.00547. The predicted molar refractivity (Wildman–Crippen MR) is 53.8 cm³/mol. The molecule has 0 unspecified atom stereocenters. The molecule has 1 atom stereocenters. The number of nitrogens with one attached hydrogen (secondary N) is 2. The van der Waals surface area contributed by atoms with Gasteiger partial charge in [0.2, 0.25) is 5.91 Å². The molecule has 0 fully saturated rings. The van der Waals surface area contributed by atoms with Crippen molar-refractivity contribution >= 4 is 5.91 Å². The van der Waals surface area contributed by atoms with Gasteiger partial charge >= 0.3 is 0 Å². The number of furan rings is 1. The van der Waals surface area contributed by atoms with Gasteiger partial charge in [-0.1, -0.05) is 0 Å². The van der Waals surface area contributed by atoms with Crippen molar-refractivity contribution < 1.29 is 9.21 Å². The maximum atomic E-state index is 11.1. The van der Waals surface area contributed by atoms with Crippen LogP contribution in [0.3, 0.4) is 0 Å². The summed E-state index contributed by atoms with van der Waals surface area (Å²) in [5.74, 6) is 0.847. The SMILES string of the molecule is CCNC(=O)CN[C@@H](C)c1ccco1. The van der Waals surface area contributed by atoms with Crippen LogP contribution in [0.5, 0.6) is 0 Å². The van der Waals surface area contributed by atoms with Gasteiger partial charge in [0, 0.05) is 6.54 Å². The topological polar surface area (TPSA) is 54.3 Å². The van der Waals surface area contributed by atoms with Crippen molar-refractivity contribution in [2.24, 2.45) is 0 Å². The third-order valence-electron chi connectivity index (χ3n) is 1.91. The highest BCUT2D eigenvalue weighted by atomic mass is 16.3. The molecule has 1 aromatic rings. The first-order valence-electron chi connectivity index (χ1n) is 4.77. The fraction of sp³-hybridized carbons (Fsp3) is 0.500. The number of likely N-dealkylation sites (N-methyl/N-ethyl adjacent to an activating group) is 1. The average molecular weight is 196 g/mol. The van der Waals surface area contributed by atoms with Crippen molar-refractivity contribution in [2.75, 3.05) is 13.1 Å². The van der Waals surface area contributed by atoms with Gasteiger partial charge in [0.05, 0.1) is 18.8 Å². The fourth-order valence-electron chi connectivity index (χ4n) is 1.14. The molecule has 0 spiro atoms. The lowest BCUT2D eigenvalue weighted by atomic mass is 10.2. The van der Waals surface area contributed by atoms with Crippen molar-refractivity contribution in [1.82, 2.24) is 10.6 Å². The zero-order chi connectivity index (χ0) is 10.4. The van der Waals surface area contributed by atoms with Crippen molar-refractivity contribution in [3.63, 3.8) is 0 Å². The summed E-state index contributed by atoms with van der Waals surface area (Å²) in [5, 5.41) is 5.78. The van der Waals surface area contributed by atoms with Gasteiger partial charge in [-0.25, -0.2) is 0 Å². The van der Waals surface area contributed by atoms with E-state index in [0.29, 0.717) is 13.1 Å². The smallest absolute Gasteiger partial charge is 0.233 e. The summed E-state index contributed by atoms with van der Waals surface area (Å²) in [6.45, 7) is 4.83. The molecule has 1 heterocycles. The molecular weight excluding hydrogens is 180 g/mol. The van der Waals surface area contributed by atoms with E-state index in [9.17, 15) is 4.79 Å². The molecule has 0 saturated heterocycles. The second-order valence-corrected chi connectivity index (χ2v) is 3.07. The first kappa shape index (κ1) is 10.8. The van der Waals surface area contributed by atoms with Gasteiger partial charge in [-0.2, -0.15) is 0 Å². The minimum absolute atomic E-state index is 0.00547. The van der Waals surface area contributed by atoms with Crippen LogP contribution in [0.1, 0.15) is 25.6 Å². The van der Waals surface area contributed by atoms with E-state index in [-0.39, 0.29) is 11.9 Å². The van der Waals surface area contributed by atoms with Gasteiger partial charge in [0.15, 0.2) is 0 Å². The van der Waals surface area contributed by atoms with Crippen LogP contribution in [0.2, 0.25) is 0 Å². The average Bonchev–Trinajstić information content (AvgIpc) is 2.67. The van der Waals surface area contributed by atoms with Crippen LogP contribution in [0.15, 0.2) is 22.8 Å². The Morgan fingerprint density at radius 2 is 2.43 bits per heavy atom. The van der Waals surface area contributed by atoms with E-state index in [1.54, 1.807) is 6.26 Å². The van der Waals surface area contributed by atoms with E-state index in [0.717, 1.165) is 5.76 Å². The highest BCUT2D eigenvalue weighted by Gasteiger charge is 2.08. The highest BCUT2D eigenvalue weighted by molar-refractivity contribution is 5.77. The number of rotatable bonds is 5. The van der Waals surface area contributed by atoms with Crippen molar-refractivity contribution in [2.45, 2.75) is 19.9 Å². The summed E-state index contributed by atoms with van der Waals surface area (Å²) >= 11 is 0. The summed E-state index contributed by atoms with van der Waals surface area (Å²) in [4.78, 5) is 11.1. The van der Waals surface area contributed by atoms with Gasteiger partial charge in [-0.15, -0.1) is 0 Å². The summed E-state index contributed by atoms with van der Waals surface area (Å²) in [7, 11) is 0. The van der Waals surface area contributed by atoms with E-state index in [1.165, 1.54) is 0 Å². The summed E-state index contributed by atoms with van der Waals surface area (Å²) < 4.78 is 5.19. The summed E-state index contributed by atoms with van der Waals surface area (Å²) in [6.07, 6.45) is 1.62. The van der Waals surface area contributed by atoms with Gasteiger partial charge < -0.3 is 9.73 Å². The lowest BCUT2D eigenvalue weighted by molar-refractivity contribution is -0.120. The molecule has 4 heteroatoms. The Hall–Kier alpha value is -1.29. The molecule has 2 N–H and O–H groups in total. The highest BCUT2D eigenvalue weighted by Crippen LogP contribution is 2.11. The Bertz CT molecular complexity index is 270. The van der Waals surface area contributed by atoms with Gasteiger partial charge in [0.25, 0.3) is 0 Å². The van der Waals surface area contributed by atoms with Crippen LogP contribution < -0.4 is 10.6 Å². The summed E-state index contributed by atoms with van der Waals surface area (Å²) in [6, 6.07) is 3.78. The van der Waals surface area contributed by atoms with Crippen LogP contribution in [0, 0.1) is 0 Å². The molecular formula is C10H16N2O2. The number of hydrogen-bond acceptors (Lipinski definition) is 3. The maximum Gasteiger partial charge on any atom is 0.233 e. The fourth-order valence-corrected chi connectivity index (χ4v) is 1.14. The van der Waals surface area contributed by atoms with E-state index >= 15 is 0 Å². The van der Waals surface area contributed by atoms with Crippen LogP contribution in [-0.2, 0) is 4.79 Å². The number of carbonyl (C=O) groups excluding carboxylic acids is 1. The molecule has 0 aliphatic carbocycles. The minimum Gasteiger partial charge on any atom is -0.468 e. The predicted octanol–water partition coefficient (Wildman–Crippen LogP) is 1.07. The Kier molecular flexibility index (Phi) is 4.19. The molecule has 4 nitrogen and oxygen atoms in total. The molecule has 1 amide bonds. The Labute approximate surface area is 83.7 Å². The second kappa shape index (κ2) is 5.44. The van der Waals surface area contributed by atoms with Crippen LogP contribution in [-0.4, -0.2) is 19.0 Å². The van der Waals surface area contributed by atoms with Crippen LogP contribution >= 0.6 is 0 Å². The molecule has 0 radical (unpaired) electrons. The van der Waals surface area contributed by atoms with Gasteiger partial charge in [0.1, 0.15) is 5.76 Å². The molecule has 0 aromatic carbocycles. The monoisotopic (exact) mass is 196 g/mol. The largest absolute Gasteiger partial charge is 0.468 e. The number of hydrogen-bond donors (Lipinski definition) is 2. The zero-order valence-electron chi connectivity index (χ0n) is 8.54. The molecule has 0 aliphatic rings. The quantitative estimate of drug-likeness (QED) is 0.740. The lowest BCUT2D eigenvalue weighted by Gasteiger charge is -2.10. The maximum absolute atomic E-state index is 11.1. The normalized spacial score (nSPS) is 12.4. The molecule has 0 bridgehead atoms. The Morgan fingerprint density at radius 3 is 3.00 bits per heavy atom. The molecule has 1 rings (SSSR count). The lowest BCUT2D eigenvalue weighted by Crippen LogP contribution is -2.34. The standard InChI is InChI=1S/C10H16N2O2/c1-3-11-10(13)7-12-8(2)9-5-4-6-14-9/h4-6,8,12H,3,7H2,1-2H3,(H,11,13)/t8-/m0/s1. The molecule has 78 valence electrons. The number of amides is 1. The first-order valence-corrected chi connectivity index (χ1v) is 4.77. The molecule has 14 heavy (non-hydrogen) atoms. The van der Waals surface area contributed by atoms with Crippen molar-refractivity contribution in [3.05, 3.63) is 24.2 Å². The third kappa shape index (κ3) is 3.22. The Balaban J connectivity index is 2.28. The van der Waals surface area contributed by atoms with E-state index in [1.807, 2.05) is 26.0 Å². The van der Waals surface area contributed by atoms with Crippen molar-refractivity contribution in [3.8, 4) is 0 Å². The van der Waals surface area contributed by atoms with Crippen molar-refractivity contribution in [1.29, 1.82) is 0 Å². The number of carbonyl (C=O) groups is 1. The van der Waals surface area contributed by atoms with Gasteiger partial charge in [-0.3, -0.25) is 10.1 Å². The van der Waals surface area contributed by atoms with Gasteiger partial charge in [-0.05, 0) is 26.0 Å². The second-order valence-electron chi connectivity index (χ2n) is 3.07. The summed E-state index contributed by atoms with van der Waals surface area (Å²) in [5.41, 5.74) is 0. The van der Waals surface area contributed by atoms with E-state index < -0.39 is 0 Å². The van der Waals surface area contributed by atoms with Crippen LogP contribution in [0.25, 0.3) is 0 Å². The third-order valence-corrected chi connectivity index (χ3v) is 1.91. The molecule has 1 aromatic heterocycles.